The van der Waals surface area contributed by atoms with E-state index >= 15 is 0 Å². The number of amides is 1. The second kappa shape index (κ2) is 12.7. The van der Waals surface area contributed by atoms with Crippen molar-refractivity contribution in [3.05, 3.63) is 65.2 Å². The van der Waals surface area contributed by atoms with Crippen LogP contribution < -0.4 is 10.6 Å². The maximum absolute atomic E-state index is 12.0. The average molecular weight is 512 g/mol. The van der Waals surface area contributed by atoms with Crippen molar-refractivity contribution in [2.45, 2.75) is 24.9 Å². The van der Waals surface area contributed by atoms with Gasteiger partial charge in [0.25, 0.3) is 5.91 Å². The number of nitrogens with one attached hydrogen (secondary N) is 2. The number of aliphatic imine (C=N–C) groups is 1. The van der Waals surface area contributed by atoms with Gasteiger partial charge in [0.1, 0.15) is 0 Å². The van der Waals surface area contributed by atoms with Crippen molar-refractivity contribution in [2.75, 3.05) is 26.9 Å². The number of rotatable bonds is 7. The van der Waals surface area contributed by atoms with Crippen LogP contribution in [0.2, 0.25) is 0 Å². The van der Waals surface area contributed by atoms with E-state index in [1.807, 2.05) is 38.2 Å². The molecule has 2 aromatic rings. The molecule has 2 aromatic carbocycles. The summed E-state index contributed by atoms with van der Waals surface area (Å²) in [4.78, 5) is 19.7. The van der Waals surface area contributed by atoms with E-state index in [-0.39, 0.29) is 29.9 Å². The zero-order chi connectivity index (χ0) is 19.6. The van der Waals surface area contributed by atoms with Crippen LogP contribution in [0.25, 0.3) is 0 Å². The molecule has 0 spiro atoms. The molecule has 0 saturated heterocycles. The number of carbonyl (C=O) groups excluding carboxylic acids is 1. The summed E-state index contributed by atoms with van der Waals surface area (Å²) in [7, 11) is 3.80. The highest BCUT2D eigenvalue weighted by molar-refractivity contribution is 14.0. The second-order valence-electron chi connectivity index (χ2n) is 6.16. The van der Waals surface area contributed by atoms with E-state index < -0.39 is 0 Å². The molecule has 0 fully saturated rings. The lowest BCUT2D eigenvalue weighted by molar-refractivity contribution is 0.0955. The molecule has 152 valence electrons. The van der Waals surface area contributed by atoms with Crippen molar-refractivity contribution in [3.63, 3.8) is 0 Å². The first-order valence-electron chi connectivity index (χ1n) is 8.99. The van der Waals surface area contributed by atoms with Crippen LogP contribution in [-0.4, -0.2) is 43.7 Å². The molecule has 0 bridgehead atoms. The van der Waals surface area contributed by atoms with Crippen molar-refractivity contribution in [2.24, 2.45) is 4.99 Å². The van der Waals surface area contributed by atoms with Gasteiger partial charge in [-0.3, -0.25) is 9.79 Å². The van der Waals surface area contributed by atoms with Crippen molar-refractivity contribution >= 4 is 47.6 Å². The summed E-state index contributed by atoms with van der Waals surface area (Å²) in [6.45, 7) is 3.91. The van der Waals surface area contributed by atoms with Crippen LogP contribution in [0, 0.1) is 0 Å². The largest absolute Gasteiger partial charge is 0.352 e. The van der Waals surface area contributed by atoms with E-state index in [2.05, 4.69) is 51.0 Å². The average Bonchev–Trinajstić information content (AvgIpc) is 2.69. The Hall–Kier alpha value is -1.74. The maximum Gasteiger partial charge on any atom is 0.251 e. The molecule has 0 saturated carbocycles. The van der Waals surface area contributed by atoms with Crippen LogP contribution in [-0.2, 0) is 13.1 Å². The SMILES string of the molecule is CCNC(=O)c1cccc(CNC(=NC)N(C)Cc2ccc(SC)cc2)c1.I. The third-order valence-corrected chi connectivity index (χ3v) is 4.87. The fourth-order valence-electron chi connectivity index (χ4n) is 2.73. The van der Waals surface area contributed by atoms with E-state index in [4.69, 9.17) is 0 Å². The van der Waals surface area contributed by atoms with Crippen molar-refractivity contribution in [1.29, 1.82) is 0 Å². The Morgan fingerprint density at radius 3 is 2.43 bits per heavy atom. The van der Waals surface area contributed by atoms with Gasteiger partial charge in [-0.15, -0.1) is 35.7 Å². The summed E-state index contributed by atoms with van der Waals surface area (Å²) in [6, 6.07) is 16.2. The first-order valence-corrected chi connectivity index (χ1v) is 10.2. The summed E-state index contributed by atoms with van der Waals surface area (Å²) in [5.74, 6) is 0.766. The molecule has 1 amide bonds. The van der Waals surface area contributed by atoms with E-state index in [0.717, 1.165) is 18.1 Å². The van der Waals surface area contributed by atoms with Gasteiger partial charge in [0.15, 0.2) is 5.96 Å². The number of hydrogen-bond donors (Lipinski definition) is 2. The van der Waals surface area contributed by atoms with Crippen molar-refractivity contribution in [3.8, 4) is 0 Å². The lowest BCUT2D eigenvalue weighted by atomic mass is 10.1. The molecule has 0 aliphatic heterocycles. The highest BCUT2D eigenvalue weighted by Gasteiger charge is 2.08. The molecule has 28 heavy (non-hydrogen) atoms. The zero-order valence-electron chi connectivity index (χ0n) is 16.9. The predicted molar refractivity (Wildman–Crippen MR) is 130 cm³/mol. The monoisotopic (exact) mass is 512 g/mol. The van der Waals surface area contributed by atoms with Gasteiger partial charge in [-0.25, -0.2) is 0 Å². The third-order valence-electron chi connectivity index (χ3n) is 4.13. The third kappa shape index (κ3) is 7.35. The van der Waals surface area contributed by atoms with E-state index in [1.54, 1.807) is 18.8 Å². The summed E-state index contributed by atoms with van der Waals surface area (Å²) in [5.41, 5.74) is 2.95. The number of hydrogen-bond acceptors (Lipinski definition) is 3. The number of thioether (sulfide) groups is 1. The number of guanidine groups is 1. The van der Waals surface area contributed by atoms with Crippen molar-refractivity contribution < 1.29 is 4.79 Å². The summed E-state index contributed by atoms with van der Waals surface area (Å²) in [6.07, 6.45) is 2.08. The van der Waals surface area contributed by atoms with Crippen LogP contribution in [0.15, 0.2) is 58.4 Å². The second-order valence-corrected chi connectivity index (χ2v) is 7.04. The molecule has 0 aliphatic carbocycles. The molecule has 0 unspecified atom stereocenters. The maximum atomic E-state index is 12.0. The smallest absolute Gasteiger partial charge is 0.251 e. The fourth-order valence-corrected chi connectivity index (χ4v) is 3.14. The molecule has 5 nitrogen and oxygen atoms in total. The van der Waals surface area contributed by atoms with Gasteiger partial charge < -0.3 is 15.5 Å². The highest BCUT2D eigenvalue weighted by Crippen LogP contribution is 2.15. The molecule has 0 atom stereocenters. The topological polar surface area (TPSA) is 56.7 Å². The minimum Gasteiger partial charge on any atom is -0.352 e. The molecule has 0 heterocycles. The lowest BCUT2D eigenvalue weighted by Crippen LogP contribution is -2.38. The molecule has 0 aromatic heterocycles. The molecule has 2 N–H and O–H groups in total. The molecule has 7 heteroatoms. The minimum atomic E-state index is -0.0467. The van der Waals surface area contributed by atoms with Gasteiger partial charge in [0.05, 0.1) is 0 Å². The van der Waals surface area contributed by atoms with E-state index in [1.165, 1.54) is 10.5 Å². The Bertz CT molecular complexity index is 780. The standard InChI is InChI=1S/C21H28N4OS.HI/c1-5-23-20(26)18-8-6-7-17(13-18)14-24-21(22-2)25(3)15-16-9-11-19(27-4)12-10-16;/h6-13H,5,14-15H2,1-4H3,(H,22,24)(H,23,26);1H. The number of nitrogens with zero attached hydrogens (tertiary/aromatic N) is 2. The lowest BCUT2D eigenvalue weighted by Gasteiger charge is -2.22. The Labute approximate surface area is 189 Å². The Kier molecular flexibility index (Phi) is 11.0. The predicted octanol–water partition coefficient (Wildman–Crippen LogP) is 3.98. The van der Waals surface area contributed by atoms with Crippen LogP contribution in [0.3, 0.4) is 0 Å². The quantitative estimate of drug-likeness (QED) is 0.255. The van der Waals surface area contributed by atoms with Gasteiger partial charge >= 0.3 is 0 Å². The normalized spacial score (nSPS) is 10.8. The van der Waals surface area contributed by atoms with Crippen LogP contribution in [0.5, 0.6) is 0 Å². The van der Waals surface area contributed by atoms with Crippen LogP contribution in [0.4, 0.5) is 0 Å². The molecule has 2 rings (SSSR count). The fraction of sp³-hybridized carbons (Fsp3) is 0.333. The van der Waals surface area contributed by atoms with E-state index in [9.17, 15) is 4.79 Å². The Balaban J connectivity index is 0.00000392. The van der Waals surface area contributed by atoms with Gasteiger partial charge in [-0.2, -0.15) is 0 Å². The first kappa shape index (κ1) is 24.3. The van der Waals surface area contributed by atoms with Gasteiger partial charge in [0.2, 0.25) is 0 Å². The molecular formula is C21H29IN4OS. The molecule has 0 aliphatic rings. The Morgan fingerprint density at radius 1 is 1.11 bits per heavy atom. The first-order chi connectivity index (χ1) is 13.1. The van der Waals surface area contributed by atoms with Gasteiger partial charge in [-0.05, 0) is 48.6 Å². The highest BCUT2D eigenvalue weighted by atomic mass is 127. The molecular weight excluding hydrogens is 483 g/mol. The summed E-state index contributed by atoms with van der Waals surface area (Å²) >= 11 is 1.74. The minimum absolute atomic E-state index is 0. The molecule has 0 radical (unpaired) electrons. The number of carbonyl (C=O) groups is 1. The zero-order valence-corrected chi connectivity index (χ0v) is 20.0. The van der Waals surface area contributed by atoms with E-state index in [0.29, 0.717) is 18.7 Å². The number of benzene rings is 2. The Morgan fingerprint density at radius 2 is 1.82 bits per heavy atom. The van der Waals surface area contributed by atoms with Gasteiger partial charge in [0, 0.05) is 44.2 Å². The summed E-state index contributed by atoms with van der Waals surface area (Å²) < 4.78 is 0. The summed E-state index contributed by atoms with van der Waals surface area (Å²) in [5, 5.41) is 6.19. The van der Waals surface area contributed by atoms with Gasteiger partial charge in [-0.1, -0.05) is 24.3 Å². The number of halogens is 1. The van der Waals surface area contributed by atoms with Crippen molar-refractivity contribution in [1.82, 2.24) is 15.5 Å². The van der Waals surface area contributed by atoms with Crippen LogP contribution in [0.1, 0.15) is 28.4 Å². The van der Waals surface area contributed by atoms with Crippen LogP contribution >= 0.6 is 35.7 Å².